The van der Waals surface area contributed by atoms with E-state index in [1.54, 1.807) is 12.1 Å². The highest BCUT2D eigenvalue weighted by Crippen LogP contribution is 2.25. The van der Waals surface area contributed by atoms with Gasteiger partial charge in [0.25, 0.3) is 11.6 Å². The fraction of sp³-hybridized carbons (Fsp3) is 0.0500. The summed E-state index contributed by atoms with van der Waals surface area (Å²) in [4.78, 5) is 23.1. The van der Waals surface area contributed by atoms with Gasteiger partial charge < -0.3 is 15.4 Å². The van der Waals surface area contributed by atoms with Crippen molar-refractivity contribution in [3.8, 4) is 5.75 Å². The molecule has 3 aromatic rings. The summed E-state index contributed by atoms with van der Waals surface area (Å²) in [5.74, 6) is -0.211. The molecule has 0 aromatic heterocycles. The number of rotatable bonds is 6. The maximum Gasteiger partial charge on any atom is 0.282 e. The summed E-state index contributed by atoms with van der Waals surface area (Å²) >= 11 is 0. The Hall–Kier alpha value is -3.87. The van der Waals surface area contributed by atoms with Crippen LogP contribution in [-0.4, -0.2) is 17.9 Å². The summed E-state index contributed by atoms with van der Waals surface area (Å²) in [5.41, 5.74) is 1.98. The van der Waals surface area contributed by atoms with Crippen LogP contribution in [0, 0.1) is 10.1 Å². The van der Waals surface area contributed by atoms with Crippen molar-refractivity contribution in [2.45, 2.75) is 0 Å². The van der Waals surface area contributed by atoms with Crippen LogP contribution in [-0.2, 0) is 0 Å². The van der Waals surface area contributed by atoms with E-state index < -0.39 is 10.8 Å². The van der Waals surface area contributed by atoms with E-state index in [9.17, 15) is 14.9 Å². The van der Waals surface area contributed by atoms with E-state index in [0.717, 1.165) is 11.4 Å². The summed E-state index contributed by atoms with van der Waals surface area (Å²) in [6.07, 6.45) is 0. The molecule has 0 aliphatic heterocycles. The number of para-hydroxylation sites is 1. The SMILES string of the molecule is COc1ccc([N+](=O)[O-])c(C(=O)Nc2ccc(Nc3ccccc3)cc2)c1. The van der Waals surface area contributed by atoms with E-state index in [1.807, 2.05) is 42.5 Å². The molecule has 0 atom stereocenters. The van der Waals surface area contributed by atoms with Crippen LogP contribution in [0.3, 0.4) is 0 Å². The van der Waals surface area contributed by atoms with Crippen molar-refractivity contribution in [1.29, 1.82) is 0 Å². The number of hydrogen-bond acceptors (Lipinski definition) is 5. The molecule has 7 heteroatoms. The number of hydrogen-bond donors (Lipinski definition) is 2. The smallest absolute Gasteiger partial charge is 0.282 e. The van der Waals surface area contributed by atoms with Gasteiger partial charge in [0.1, 0.15) is 11.3 Å². The molecular formula is C20H17N3O4. The van der Waals surface area contributed by atoms with Crippen molar-refractivity contribution in [2.24, 2.45) is 0 Å². The van der Waals surface area contributed by atoms with Crippen LogP contribution in [0.4, 0.5) is 22.7 Å². The van der Waals surface area contributed by atoms with Gasteiger partial charge in [-0.25, -0.2) is 0 Å². The number of benzene rings is 3. The van der Waals surface area contributed by atoms with Crippen LogP contribution in [0.1, 0.15) is 10.4 Å². The number of nitro benzene ring substituents is 1. The third-order valence-electron chi connectivity index (χ3n) is 3.85. The number of ether oxygens (including phenoxy) is 1. The number of amides is 1. The Morgan fingerprint density at radius 1 is 0.926 bits per heavy atom. The van der Waals surface area contributed by atoms with E-state index in [4.69, 9.17) is 4.74 Å². The monoisotopic (exact) mass is 363 g/mol. The average Bonchev–Trinajstić information content (AvgIpc) is 2.69. The van der Waals surface area contributed by atoms with Crippen LogP contribution >= 0.6 is 0 Å². The molecule has 0 heterocycles. The van der Waals surface area contributed by atoms with E-state index in [1.165, 1.54) is 25.3 Å². The minimum Gasteiger partial charge on any atom is -0.497 e. The molecule has 0 aliphatic rings. The first-order chi connectivity index (χ1) is 13.1. The van der Waals surface area contributed by atoms with Crippen molar-refractivity contribution in [2.75, 3.05) is 17.7 Å². The van der Waals surface area contributed by atoms with Gasteiger partial charge in [-0.05, 0) is 48.5 Å². The average molecular weight is 363 g/mol. The molecule has 1 amide bonds. The number of nitrogens with zero attached hydrogens (tertiary/aromatic N) is 1. The molecule has 3 rings (SSSR count). The number of nitrogens with one attached hydrogen (secondary N) is 2. The predicted octanol–water partition coefficient (Wildman–Crippen LogP) is 4.60. The lowest BCUT2D eigenvalue weighted by atomic mass is 10.1. The van der Waals surface area contributed by atoms with Gasteiger partial charge >= 0.3 is 0 Å². The highest BCUT2D eigenvalue weighted by Gasteiger charge is 2.21. The molecule has 0 saturated carbocycles. The minimum absolute atomic E-state index is 0.0640. The lowest BCUT2D eigenvalue weighted by Crippen LogP contribution is -2.14. The quantitative estimate of drug-likeness (QED) is 0.493. The number of nitro groups is 1. The number of carbonyl (C=O) groups excluding carboxylic acids is 1. The lowest BCUT2D eigenvalue weighted by molar-refractivity contribution is -0.385. The highest BCUT2D eigenvalue weighted by atomic mass is 16.6. The second kappa shape index (κ2) is 8.01. The van der Waals surface area contributed by atoms with Gasteiger partial charge in [-0.1, -0.05) is 18.2 Å². The molecule has 0 bridgehead atoms. The summed E-state index contributed by atoms with van der Waals surface area (Å²) in [6, 6.07) is 20.8. The third-order valence-corrected chi connectivity index (χ3v) is 3.85. The Labute approximate surface area is 155 Å². The van der Waals surface area contributed by atoms with Crippen molar-refractivity contribution >= 4 is 28.7 Å². The fourth-order valence-corrected chi connectivity index (χ4v) is 2.51. The molecule has 136 valence electrons. The first kappa shape index (κ1) is 17.9. The molecule has 3 aromatic carbocycles. The molecule has 0 radical (unpaired) electrons. The first-order valence-corrected chi connectivity index (χ1v) is 8.13. The van der Waals surface area contributed by atoms with Gasteiger partial charge in [0, 0.05) is 23.1 Å². The van der Waals surface area contributed by atoms with Gasteiger partial charge in [0.2, 0.25) is 0 Å². The third kappa shape index (κ3) is 4.40. The second-order valence-corrected chi connectivity index (χ2v) is 5.66. The molecular weight excluding hydrogens is 346 g/mol. The Balaban J connectivity index is 1.75. The van der Waals surface area contributed by atoms with Crippen LogP contribution in [0.15, 0.2) is 72.8 Å². The van der Waals surface area contributed by atoms with Crippen LogP contribution < -0.4 is 15.4 Å². The first-order valence-electron chi connectivity index (χ1n) is 8.13. The number of methoxy groups -OCH3 is 1. The normalized spacial score (nSPS) is 10.1. The van der Waals surface area contributed by atoms with Crippen LogP contribution in [0.5, 0.6) is 5.75 Å². The van der Waals surface area contributed by atoms with E-state index >= 15 is 0 Å². The zero-order valence-corrected chi connectivity index (χ0v) is 14.5. The molecule has 0 aliphatic carbocycles. The maximum atomic E-state index is 12.5. The fourth-order valence-electron chi connectivity index (χ4n) is 2.51. The van der Waals surface area contributed by atoms with Crippen LogP contribution in [0.2, 0.25) is 0 Å². The van der Waals surface area contributed by atoms with Gasteiger partial charge in [-0.2, -0.15) is 0 Å². The van der Waals surface area contributed by atoms with Crippen LogP contribution in [0.25, 0.3) is 0 Å². The Bertz CT molecular complexity index is 957. The largest absolute Gasteiger partial charge is 0.497 e. The molecule has 0 spiro atoms. The lowest BCUT2D eigenvalue weighted by Gasteiger charge is -2.09. The van der Waals surface area contributed by atoms with Gasteiger partial charge in [0.15, 0.2) is 0 Å². The number of carbonyl (C=O) groups is 1. The Morgan fingerprint density at radius 3 is 2.19 bits per heavy atom. The summed E-state index contributed by atoms with van der Waals surface area (Å²) < 4.78 is 5.05. The Morgan fingerprint density at radius 2 is 1.56 bits per heavy atom. The van der Waals surface area contributed by atoms with Crippen molar-refractivity contribution in [1.82, 2.24) is 0 Å². The minimum atomic E-state index is -0.596. The standard InChI is InChI=1S/C20H17N3O4/c1-27-17-11-12-19(23(25)26)18(13-17)20(24)22-16-9-7-15(8-10-16)21-14-5-3-2-4-6-14/h2-13,21H,1H3,(H,22,24). The molecule has 27 heavy (non-hydrogen) atoms. The zero-order chi connectivity index (χ0) is 19.2. The van der Waals surface area contributed by atoms with Crippen molar-refractivity contribution in [3.05, 3.63) is 88.5 Å². The molecule has 0 fully saturated rings. The summed E-state index contributed by atoms with van der Waals surface area (Å²) in [7, 11) is 1.43. The number of anilines is 3. The second-order valence-electron chi connectivity index (χ2n) is 5.66. The Kier molecular flexibility index (Phi) is 5.32. The van der Waals surface area contributed by atoms with Gasteiger partial charge in [-0.3, -0.25) is 14.9 Å². The van der Waals surface area contributed by atoms with E-state index in [-0.39, 0.29) is 11.3 Å². The van der Waals surface area contributed by atoms with Crippen molar-refractivity contribution in [3.63, 3.8) is 0 Å². The zero-order valence-electron chi connectivity index (χ0n) is 14.5. The van der Waals surface area contributed by atoms with E-state index in [0.29, 0.717) is 11.4 Å². The van der Waals surface area contributed by atoms with E-state index in [2.05, 4.69) is 10.6 Å². The summed E-state index contributed by atoms with van der Waals surface area (Å²) in [5, 5.41) is 17.1. The summed E-state index contributed by atoms with van der Waals surface area (Å²) in [6.45, 7) is 0. The molecule has 0 saturated heterocycles. The van der Waals surface area contributed by atoms with Gasteiger partial charge in [0.05, 0.1) is 12.0 Å². The molecule has 7 nitrogen and oxygen atoms in total. The maximum absolute atomic E-state index is 12.5. The molecule has 2 N–H and O–H groups in total. The van der Waals surface area contributed by atoms with Crippen molar-refractivity contribution < 1.29 is 14.5 Å². The van der Waals surface area contributed by atoms with Gasteiger partial charge in [-0.15, -0.1) is 0 Å². The predicted molar refractivity (Wildman–Crippen MR) is 104 cm³/mol. The molecule has 0 unspecified atom stereocenters. The highest BCUT2D eigenvalue weighted by molar-refractivity contribution is 6.07. The topological polar surface area (TPSA) is 93.5 Å².